The number of aldehydes is 1. The van der Waals surface area contributed by atoms with E-state index >= 15 is 0 Å². The quantitative estimate of drug-likeness (QED) is 0.834. The van der Waals surface area contributed by atoms with E-state index in [1.54, 1.807) is 6.20 Å². The second kappa shape index (κ2) is 7.55. The number of aromatic nitrogens is 1. The number of fused-ring (bicyclic) bond motifs is 1. The van der Waals surface area contributed by atoms with Crippen molar-refractivity contribution in [1.82, 2.24) is 10.3 Å². The van der Waals surface area contributed by atoms with Gasteiger partial charge in [0.05, 0.1) is 5.52 Å². The molecule has 1 saturated heterocycles. The summed E-state index contributed by atoms with van der Waals surface area (Å²) >= 11 is 0. The first-order chi connectivity index (χ1) is 12.8. The monoisotopic (exact) mass is 369 g/mol. The Labute approximate surface area is 159 Å². The Hall–Kier alpha value is -2.63. The molecule has 0 aliphatic carbocycles. The highest BCUT2D eigenvalue weighted by molar-refractivity contribution is 6.01. The minimum atomic E-state index is -0.517. The van der Waals surface area contributed by atoms with Crippen LogP contribution in [0.5, 0.6) is 0 Å². The maximum Gasteiger partial charge on any atom is 0.407 e. The van der Waals surface area contributed by atoms with Gasteiger partial charge in [0.1, 0.15) is 5.60 Å². The predicted molar refractivity (Wildman–Crippen MR) is 106 cm³/mol. The summed E-state index contributed by atoms with van der Waals surface area (Å²) in [6.45, 7) is 9.32. The van der Waals surface area contributed by atoms with Gasteiger partial charge in [0, 0.05) is 42.0 Å². The molecule has 2 atom stereocenters. The predicted octanol–water partition coefficient (Wildman–Crippen LogP) is 3.79. The lowest BCUT2D eigenvalue weighted by atomic mass is 9.94. The van der Waals surface area contributed by atoms with Crippen molar-refractivity contribution in [3.05, 3.63) is 36.0 Å². The Morgan fingerprint density at radius 1 is 1.30 bits per heavy atom. The average Bonchev–Trinajstić information content (AvgIpc) is 2.58. The molecule has 0 spiro atoms. The SMILES string of the molecule is C[C@H]1C[C@@H](NC(=O)OC(C)(C)C)CN(c2ccc(C=O)c3ncccc23)C1. The van der Waals surface area contributed by atoms with Crippen LogP contribution < -0.4 is 10.2 Å². The van der Waals surface area contributed by atoms with Crippen LogP contribution in [0.15, 0.2) is 30.5 Å². The summed E-state index contributed by atoms with van der Waals surface area (Å²) in [4.78, 5) is 30.1. The van der Waals surface area contributed by atoms with Crippen molar-refractivity contribution in [2.75, 3.05) is 18.0 Å². The van der Waals surface area contributed by atoms with E-state index < -0.39 is 5.60 Å². The Morgan fingerprint density at radius 3 is 2.78 bits per heavy atom. The van der Waals surface area contributed by atoms with Crippen LogP contribution in [0, 0.1) is 5.92 Å². The van der Waals surface area contributed by atoms with Crippen molar-refractivity contribution in [2.45, 2.75) is 45.8 Å². The van der Waals surface area contributed by atoms with Crippen molar-refractivity contribution in [1.29, 1.82) is 0 Å². The van der Waals surface area contributed by atoms with Crippen LogP contribution in [0.4, 0.5) is 10.5 Å². The molecule has 27 heavy (non-hydrogen) atoms. The maximum absolute atomic E-state index is 12.2. The van der Waals surface area contributed by atoms with Crippen LogP contribution >= 0.6 is 0 Å². The van der Waals surface area contributed by atoms with E-state index in [0.717, 1.165) is 30.3 Å². The molecule has 2 aromatic rings. The molecule has 1 amide bonds. The third kappa shape index (κ3) is 4.56. The van der Waals surface area contributed by atoms with E-state index in [1.165, 1.54) is 0 Å². The molecule has 0 unspecified atom stereocenters. The Balaban J connectivity index is 1.84. The molecule has 1 aromatic heterocycles. The number of alkyl carbamates (subject to hydrolysis) is 1. The molecular formula is C21H27N3O3. The number of ether oxygens (including phenoxy) is 1. The van der Waals surface area contributed by atoms with Gasteiger partial charge in [-0.25, -0.2) is 4.79 Å². The molecule has 1 aliphatic rings. The maximum atomic E-state index is 12.2. The fourth-order valence-corrected chi connectivity index (χ4v) is 3.68. The first-order valence-corrected chi connectivity index (χ1v) is 9.34. The molecule has 1 N–H and O–H groups in total. The van der Waals surface area contributed by atoms with Gasteiger partial charge in [-0.3, -0.25) is 9.78 Å². The van der Waals surface area contributed by atoms with Crippen molar-refractivity contribution in [3.63, 3.8) is 0 Å². The van der Waals surface area contributed by atoms with E-state index in [4.69, 9.17) is 4.74 Å². The lowest BCUT2D eigenvalue weighted by Gasteiger charge is -2.39. The minimum Gasteiger partial charge on any atom is -0.444 e. The molecule has 0 radical (unpaired) electrons. The number of hydrogen-bond donors (Lipinski definition) is 1. The molecule has 144 valence electrons. The number of carbonyl (C=O) groups excluding carboxylic acids is 2. The molecular weight excluding hydrogens is 342 g/mol. The summed E-state index contributed by atoms with van der Waals surface area (Å²) in [6.07, 6.45) is 3.05. The average molecular weight is 369 g/mol. The summed E-state index contributed by atoms with van der Waals surface area (Å²) in [5.74, 6) is 0.413. The summed E-state index contributed by atoms with van der Waals surface area (Å²) < 4.78 is 5.40. The van der Waals surface area contributed by atoms with Crippen molar-refractivity contribution in [2.24, 2.45) is 5.92 Å². The number of piperidine rings is 1. The van der Waals surface area contributed by atoms with Crippen molar-refractivity contribution < 1.29 is 14.3 Å². The first kappa shape index (κ1) is 19.1. The lowest BCUT2D eigenvalue weighted by molar-refractivity contribution is 0.0495. The molecule has 2 heterocycles. The van der Waals surface area contributed by atoms with E-state index in [9.17, 15) is 9.59 Å². The fourth-order valence-electron chi connectivity index (χ4n) is 3.68. The molecule has 1 aliphatic heterocycles. The molecule has 6 nitrogen and oxygen atoms in total. The van der Waals surface area contributed by atoms with Crippen molar-refractivity contribution >= 4 is 29.0 Å². The zero-order valence-corrected chi connectivity index (χ0v) is 16.4. The van der Waals surface area contributed by atoms with Gasteiger partial charge in [0.2, 0.25) is 0 Å². The summed E-state index contributed by atoms with van der Waals surface area (Å²) in [7, 11) is 0. The number of anilines is 1. The van der Waals surface area contributed by atoms with Gasteiger partial charge in [-0.05, 0) is 57.4 Å². The first-order valence-electron chi connectivity index (χ1n) is 9.34. The van der Waals surface area contributed by atoms with Gasteiger partial charge in [-0.1, -0.05) is 6.92 Å². The van der Waals surface area contributed by atoms with Gasteiger partial charge >= 0.3 is 6.09 Å². The van der Waals surface area contributed by atoms with Crippen LogP contribution in [0.3, 0.4) is 0 Å². The molecule has 1 fully saturated rings. The van der Waals surface area contributed by atoms with Crippen LogP contribution in [0.2, 0.25) is 0 Å². The summed E-state index contributed by atoms with van der Waals surface area (Å²) in [5.41, 5.74) is 1.81. The number of benzene rings is 1. The lowest BCUT2D eigenvalue weighted by Crippen LogP contribution is -2.51. The standard InChI is InChI=1S/C21H27N3O3/c1-14-10-16(23-20(26)27-21(2,3)4)12-24(11-14)18-8-7-15(13-25)19-17(18)6-5-9-22-19/h5-9,13-14,16H,10-12H2,1-4H3,(H,23,26)/t14-,16+/m0/s1. The number of hydrogen-bond acceptors (Lipinski definition) is 5. The molecule has 1 aromatic carbocycles. The fraction of sp³-hybridized carbons (Fsp3) is 0.476. The zero-order valence-electron chi connectivity index (χ0n) is 16.4. The van der Waals surface area contributed by atoms with E-state index in [1.807, 2.05) is 45.0 Å². The largest absolute Gasteiger partial charge is 0.444 e. The summed E-state index contributed by atoms with van der Waals surface area (Å²) in [5, 5.41) is 3.95. The zero-order chi connectivity index (χ0) is 19.6. The molecule has 3 rings (SSSR count). The second-order valence-corrected chi connectivity index (χ2v) is 8.28. The molecule has 0 bridgehead atoms. The third-order valence-corrected chi connectivity index (χ3v) is 4.63. The Bertz CT molecular complexity index is 844. The number of amides is 1. The third-order valence-electron chi connectivity index (χ3n) is 4.63. The highest BCUT2D eigenvalue weighted by atomic mass is 16.6. The number of carbonyl (C=O) groups is 2. The van der Waals surface area contributed by atoms with Gasteiger partial charge in [0.15, 0.2) is 6.29 Å². The topological polar surface area (TPSA) is 71.5 Å². The van der Waals surface area contributed by atoms with Crippen LogP contribution in [-0.2, 0) is 4.74 Å². The second-order valence-electron chi connectivity index (χ2n) is 8.28. The number of pyridine rings is 1. The van der Waals surface area contributed by atoms with Gasteiger partial charge in [-0.15, -0.1) is 0 Å². The summed E-state index contributed by atoms with van der Waals surface area (Å²) in [6, 6.07) is 7.65. The van der Waals surface area contributed by atoms with E-state index in [0.29, 0.717) is 23.5 Å². The molecule has 0 saturated carbocycles. The van der Waals surface area contributed by atoms with Crippen LogP contribution in [0.25, 0.3) is 10.9 Å². The Kier molecular flexibility index (Phi) is 5.35. The van der Waals surface area contributed by atoms with E-state index in [-0.39, 0.29) is 12.1 Å². The van der Waals surface area contributed by atoms with Gasteiger partial charge in [-0.2, -0.15) is 0 Å². The van der Waals surface area contributed by atoms with Crippen LogP contribution in [-0.4, -0.2) is 42.1 Å². The minimum absolute atomic E-state index is 0.000990. The normalized spacial score (nSPS) is 20.4. The van der Waals surface area contributed by atoms with Crippen LogP contribution in [0.1, 0.15) is 44.5 Å². The van der Waals surface area contributed by atoms with Gasteiger partial charge in [0.25, 0.3) is 0 Å². The number of rotatable bonds is 3. The molecule has 6 heteroatoms. The highest BCUT2D eigenvalue weighted by Crippen LogP contribution is 2.31. The van der Waals surface area contributed by atoms with E-state index in [2.05, 4.69) is 22.1 Å². The number of nitrogens with one attached hydrogen (secondary N) is 1. The van der Waals surface area contributed by atoms with Crippen molar-refractivity contribution in [3.8, 4) is 0 Å². The number of nitrogens with zero attached hydrogens (tertiary/aromatic N) is 2. The highest BCUT2D eigenvalue weighted by Gasteiger charge is 2.28. The smallest absolute Gasteiger partial charge is 0.407 e. The van der Waals surface area contributed by atoms with Gasteiger partial charge < -0.3 is 15.0 Å². The Morgan fingerprint density at radius 2 is 2.07 bits per heavy atom.